The monoisotopic (exact) mass is 362 g/mol. The molecule has 1 aromatic carbocycles. The third-order valence-corrected chi connectivity index (χ3v) is 4.29. The maximum Gasteiger partial charge on any atom is 0.252 e. The fourth-order valence-corrected chi connectivity index (χ4v) is 2.89. The Labute approximate surface area is 151 Å². The molecule has 1 heterocycles. The molecule has 2 aromatic rings. The first-order valence-corrected chi connectivity index (χ1v) is 8.86. The van der Waals surface area contributed by atoms with E-state index in [1.165, 1.54) is 11.3 Å². The molecule has 0 saturated carbocycles. The minimum atomic E-state index is -0.153. The molecule has 0 aliphatic carbocycles. The van der Waals surface area contributed by atoms with E-state index in [9.17, 15) is 9.59 Å². The van der Waals surface area contributed by atoms with Gasteiger partial charge in [0.15, 0.2) is 11.5 Å². The molecule has 0 aliphatic heterocycles. The number of hydrogen-bond donors (Lipinski definition) is 2. The number of ether oxygens (including phenoxy) is 2. The van der Waals surface area contributed by atoms with Crippen molar-refractivity contribution < 1.29 is 19.1 Å². The molecule has 0 aliphatic rings. The zero-order valence-electron chi connectivity index (χ0n) is 14.3. The Balaban J connectivity index is 1.67. The molecule has 0 saturated heterocycles. The second-order valence-electron chi connectivity index (χ2n) is 5.31. The van der Waals surface area contributed by atoms with Gasteiger partial charge in [-0.15, -0.1) is 0 Å². The number of carbonyl (C=O) groups is 2. The topological polar surface area (TPSA) is 76.7 Å². The van der Waals surface area contributed by atoms with E-state index in [0.29, 0.717) is 36.6 Å². The Hall–Kier alpha value is -2.54. The minimum Gasteiger partial charge on any atom is -0.493 e. The smallest absolute Gasteiger partial charge is 0.252 e. The van der Waals surface area contributed by atoms with Crippen LogP contribution in [0, 0.1) is 0 Å². The van der Waals surface area contributed by atoms with Crippen molar-refractivity contribution >= 4 is 23.2 Å². The summed E-state index contributed by atoms with van der Waals surface area (Å²) in [5.74, 6) is 1.10. The largest absolute Gasteiger partial charge is 0.493 e. The van der Waals surface area contributed by atoms with Crippen LogP contribution in [0.4, 0.5) is 0 Å². The Kier molecular flexibility index (Phi) is 7.28. The highest BCUT2D eigenvalue weighted by atomic mass is 32.1. The van der Waals surface area contributed by atoms with E-state index in [4.69, 9.17) is 9.47 Å². The van der Waals surface area contributed by atoms with E-state index in [1.807, 2.05) is 23.6 Å². The molecule has 2 N–H and O–H groups in total. The Morgan fingerprint density at radius 1 is 1.04 bits per heavy atom. The molecule has 134 valence electrons. The number of methoxy groups -OCH3 is 2. The van der Waals surface area contributed by atoms with Crippen LogP contribution >= 0.6 is 11.3 Å². The average Bonchev–Trinajstić information content (AvgIpc) is 3.16. The first-order chi connectivity index (χ1) is 12.1. The fourth-order valence-electron chi connectivity index (χ4n) is 2.26. The lowest BCUT2D eigenvalue weighted by atomic mass is 10.1. The average molecular weight is 362 g/mol. The van der Waals surface area contributed by atoms with Crippen LogP contribution in [0.15, 0.2) is 35.0 Å². The van der Waals surface area contributed by atoms with Gasteiger partial charge in [0.1, 0.15) is 0 Å². The van der Waals surface area contributed by atoms with Crippen molar-refractivity contribution in [3.63, 3.8) is 0 Å². The summed E-state index contributed by atoms with van der Waals surface area (Å²) < 4.78 is 10.5. The van der Waals surface area contributed by atoms with E-state index in [0.717, 1.165) is 5.56 Å². The van der Waals surface area contributed by atoms with E-state index in [-0.39, 0.29) is 18.2 Å². The SMILES string of the molecule is COc1ccc(CCNC(=O)CCNC(=O)c2ccsc2)cc1OC. The molecule has 0 spiro atoms. The van der Waals surface area contributed by atoms with E-state index in [2.05, 4.69) is 10.6 Å². The van der Waals surface area contributed by atoms with Crippen LogP contribution in [0.25, 0.3) is 0 Å². The van der Waals surface area contributed by atoms with Gasteiger partial charge in [0.05, 0.1) is 14.2 Å². The van der Waals surface area contributed by atoms with Gasteiger partial charge >= 0.3 is 0 Å². The molecule has 1 aromatic heterocycles. The molecule has 6 nitrogen and oxygen atoms in total. The van der Waals surface area contributed by atoms with Gasteiger partial charge < -0.3 is 20.1 Å². The van der Waals surface area contributed by atoms with Crippen LogP contribution in [0.1, 0.15) is 22.3 Å². The van der Waals surface area contributed by atoms with Crippen LogP contribution < -0.4 is 20.1 Å². The predicted molar refractivity (Wildman–Crippen MR) is 97.5 cm³/mol. The maximum absolute atomic E-state index is 11.8. The summed E-state index contributed by atoms with van der Waals surface area (Å²) in [6, 6.07) is 7.43. The molecule has 0 atom stereocenters. The first-order valence-electron chi connectivity index (χ1n) is 7.92. The third kappa shape index (κ3) is 5.79. The van der Waals surface area contributed by atoms with E-state index >= 15 is 0 Å². The Morgan fingerprint density at radius 3 is 2.52 bits per heavy atom. The number of amides is 2. The van der Waals surface area contributed by atoms with Crippen molar-refractivity contribution in [3.05, 3.63) is 46.2 Å². The van der Waals surface area contributed by atoms with Crippen molar-refractivity contribution in [2.45, 2.75) is 12.8 Å². The summed E-state index contributed by atoms with van der Waals surface area (Å²) in [4.78, 5) is 23.6. The van der Waals surface area contributed by atoms with Crippen LogP contribution in [-0.2, 0) is 11.2 Å². The number of carbonyl (C=O) groups excluding carboxylic acids is 2. The van der Waals surface area contributed by atoms with Gasteiger partial charge in [-0.05, 0) is 35.6 Å². The lowest BCUT2D eigenvalue weighted by Gasteiger charge is -2.10. The summed E-state index contributed by atoms with van der Waals surface area (Å²) in [6.07, 6.45) is 0.940. The second kappa shape index (κ2) is 9.68. The summed E-state index contributed by atoms with van der Waals surface area (Å²) in [7, 11) is 3.18. The van der Waals surface area contributed by atoms with Crippen molar-refractivity contribution in [3.8, 4) is 11.5 Å². The fraction of sp³-hybridized carbons (Fsp3) is 0.333. The minimum absolute atomic E-state index is 0.0916. The highest BCUT2D eigenvalue weighted by molar-refractivity contribution is 7.08. The Bertz CT molecular complexity index is 701. The second-order valence-corrected chi connectivity index (χ2v) is 6.09. The number of benzene rings is 1. The zero-order chi connectivity index (χ0) is 18.1. The summed E-state index contributed by atoms with van der Waals surface area (Å²) in [5, 5.41) is 9.19. The summed E-state index contributed by atoms with van der Waals surface area (Å²) in [5.41, 5.74) is 1.67. The first kappa shape index (κ1) is 18.8. The summed E-state index contributed by atoms with van der Waals surface area (Å²) in [6.45, 7) is 0.837. The van der Waals surface area contributed by atoms with Gasteiger partial charge in [0.25, 0.3) is 5.91 Å². The van der Waals surface area contributed by atoms with Crippen molar-refractivity contribution in [2.75, 3.05) is 27.3 Å². The molecule has 0 radical (unpaired) electrons. The maximum atomic E-state index is 11.8. The van der Waals surface area contributed by atoms with Gasteiger partial charge in [-0.2, -0.15) is 11.3 Å². The molecule has 7 heteroatoms. The highest BCUT2D eigenvalue weighted by Crippen LogP contribution is 2.27. The number of nitrogens with one attached hydrogen (secondary N) is 2. The van der Waals surface area contributed by atoms with Crippen LogP contribution in [-0.4, -0.2) is 39.1 Å². The van der Waals surface area contributed by atoms with Gasteiger partial charge in [-0.1, -0.05) is 6.07 Å². The van der Waals surface area contributed by atoms with Gasteiger partial charge in [-0.3, -0.25) is 9.59 Å². The molecule has 2 amide bonds. The standard InChI is InChI=1S/C18H22N2O4S/c1-23-15-4-3-13(11-16(15)24-2)5-8-19-17(21)6-9-20-18(22)14-7-10-25-12-14/h3-4,7,10-12H,5-6,8-9H2,1-2H3,(H,19,21)(H,20,22). The quantitative estimate of drug-likeness (QED) is 0.717. The predicted octanol–water partition coefficient (Wildman–Crippen LogP) is 2.24. The zero-order valence-corrected chi connectivity index (χ0v) is 15.2. The number of hydrogen-bond acceptors (Lipinski definition) is 5. The van der Waals surface area contributed by atoms with E-state index in [1.54, 1.807) is 25.7 Å². The van der Waals surface area contributed by atoms with Crippen LogP contribution in [0.2, 0.25) is 0 Å². The van der Waals surface area contributed by atoms with Crippen molar-refractivity contribution in [1.82, 2.24) is 10.6 Å². The molecule has 0 bridgehead atoms. The van der Waals surface area contributed by atoms with Crippen molar-refractivity contribution in [2.24, 2.45) is 0 Å². The summed E-state index contributed by atoms with van der Waals surface area (Å²) >= 11 is 1.46. The molecule has 0 fully saturated rings. The third-order valence-electron chi connectivity index (χ3n) is 3.60. The van der Waals surface area contributed by atoms with Crippen molar-refractivity contribution in [1.29, 1.82) is 0 Å². The normalized spacial score (nSPS) is 10.2. The lowest BCUT2D eigenvalue weighted by Crippen LogP contribution is -2.31. The Morgan fingerprint density at radius 2 is 1.84 bits per heavy atom. The molecule has 0 unspecified atom stereocenters. The molecule has 25 heavy (non-hydrogen) atoms. The van der Waals surface area contributed by atoms with E-state index < -0.39 is 0 Å². The highest BCUT2D eigenvalue weighted by Gasteiger charge is 2.07. The molecule has 2 rings (SSSR count). The lowest BCUT2D eigenvalue weighted by molar-refractivity contribution is -0.120. The van der Waals surface area contributed by atoms with Gasteiger partial charge in [0.2, 0.25) is 5.91 Å². The van der Waals surface area contributed by atoms with Gasteiger partial charge in [-0.25, -0.2) is 0 Å². The van der Waals surface area contributed by atoms with Crippen LogP contribution in [0.5, 0.6) is 11.5 Å². The van der Waals surface area contributed by atoms with Crippen LogP contribution in [0.3, 0.4) is 0 Å². The molecular formula is C18H22N2O4S. The molecular weight excluding hydrogens is 340 g/mol. The number of rotatable bonds is 9. The number of thiophene rings is 1. The van der Waals surface area contributed by atoms with Gasteiger partial charge in [0, 0.05) is 30.5 Å².